The molecule has 152 valence electrons. The van der Waals surface area contributed by atoms with Crippen LogP contribution in [-0.2, 0) is 0 Å². The molecule has 0 aromatic carbocycles. The summed E-state index contributed by atoms with van der Waals surface area (Å²) in [4.78, 5) is 7.74. The summed E-state index contributed by atoms with van der Waals surface area (Å²) in [6, 6.07) is 0. The number of hydrogen-bond donors (Lipinski definition) is 0. The van der Waals surface area contributed by atoms with Gasteiger partial charge >= 0.3 is 0 Å². The summed E-state index contributed by atoms with van der Waals surface area (Å²) < 4.78 is 0. The molecule has 0 N–H and O–H groups in total. The van der Waals surface area contributed by atoms with Crippen molar-refractivity contribution < 1.29 is 0 Å². The van der Waals surface area contributed by atoms with Crippen LogP contribution in [0.5, 0.6) is 0 Å². The average molecular weight is 356 g/mol. The monoisotopic (exact) mass is 355 g/mol. The van der Waals surface area contributed by atoms with Crippen molar-refractivity contribution in [3.05, 3.63) is 0 Å². The molecule has 3 heteroatoms. The normalized spacial score (nSPS) is 14.9. The second-order valence-electron chi connectivity index (χ2n) is 11.6. The van der Waals surface area contributed by atoms with Gasteiger partial charge in [-0.2, -0.15) is 0 Å². The molecule has 3 nitrogen and oxygen atoms in total. The summed E-state index contributed by atoms with van der Waals surface area (Å²) in [5.41, 5.74) is 0.834. The number of hydrogen-bond acceptors (Lipinski definition) is 3. The predicted octanol–water partition coefficient (Wildman–Crippen LogP) is 5.11. The maximum absolute atomic E-state index is 2.63. The first-order valence-corrected chi connectivity index (χ1v) is 10.1. The lowest BCUT2D eigenvalue weighted by molar-refractivity contribution is 0.0248. The molecule has 0 aliphatic rings. The number of nitrogens with zero attached hydrogens (tertiary/aromatic N) is 3. The van der Waals surface area contributed by atoms with Crippen molar-refractivity contribution in [2.75, 3.05) is 33.2 Å². The van der Waals surface area contributed by atoms with Gasteiger partial charge in [-0.05, 0) is 103 Å². The minimum absolute atomic E-state index is 0.203. The lowest BCUT2D eigenvalue weighted by Gasteiger charge is -2.46. The second kappa shape index (κ2) is 8.71. The maximum Gasteiger partial charge on any atom is 0.0130 e. The molecular weight excluding hydrogens is 306 g/mol. The quantitative estimate of drug-likeness (QED) is 0.628. The third-order valence-electron chi connectivity index (χ3n) is 4.87. The van der Waals surface area contributed by atoms with E-state index in [-0.39, 0.29) is 22.2 Å². The van der Waals surface area contributed by atoms with Gasteiger partial charge in [0.25, 0.3) is 0 Å². The van der Waals surface area contributed by atoms with Crippen LogP contribution in [0.2, 0.25) is 0 Å². The molecule has 0 unspecified atom stereocenters. The molecule has 0 aromatic heterocycles. The predicted molar refractivity (Wildman–Crippen MR) is 115 cm³/mol. The molecule has 0 fully saturated rings. The van der Waals surface area contributed by atoms with Crippen LogP contribution in [0.4, 0.5) is 0 Å². The first-order chi connectivity index (χ1) is 10.9. The van der Waals surface area contributed by atoms with Crippen LogP contribution in [0, 0.1) is 0 Å². The minimum atomic E-state index is 0.203. The van der Waals surface area contributed by atoms with Gasteiger partial charge in [-0.1, -0.05) is 0 Å². The Morgan fingerprint density at radius 1 is 0.440 bits per heavy atom. The smallest absolute Gasteiger partial charge is 0.0130 e. The largest absolute Gasteiger partial charge is 0.305 e. The van der Waals surface area contributed by atoms with E-state index in [2.05, 4.69) is 105 Å². The molecule has 0 aliphatic heterocycles. The molecule has 25 heavy (non-hydrogen) atoms. The van der Waals surface area contributed by atoms with Crippen molar-refractivity contribution in [3.8, 4) is 0 Å². The molecule has 0 saturated heterocycles. The zero-order valence-electron chi connectivity index (χ0n) is 19.9. The molecule has 0 heterocycles. The molecule has 0 aromatic rings. The van der Waals surface area contributed by atoms with Crippen molar-refractivity contribution >= 4 is 0 Å². The highest BCUT2D eigenvalue weighted by Gasteiger charge is 2.32. The summed E-state index contributed by atoms with van der Waals surface area (Å²) in [7, 11) is 2.27. The van der Waals surface area contributed by atoms with E-state index in [0.29, 0.717) is 0 Å². The standard InChI is InChI=1S/C22H49N3/c1-19(2,3)24(20(4,5)6)16-14-15-23(13)17-18-25(21(7,8)9)22(10,11)12/h14-18H2,1-13H3. The SMILES string of the molecule is CN(CCCN(C(C)(C)C)C(C)(C)C)CCN(C(C)(C)C)C(C)(C)C. The molecular formula is C22H49N3. The third-order valence-corrected chi connectivity index (χ3v) is 4.87. The fourth-order valence-electron chi connectivity index (χ4n) is 4.24. The van der Waals surface area contributed by atoms with E-state index in [1.807, 2.05) is 0 Å². The van der Waals surface area contributed by atoms with E-state index >= 15 is 0 Å². The van der Waals surface area contributed by atoms with Crippen LogP contribution in [-0.4, -0.2) is 70.1 Å². The maximum atomic E-state index is 2.63. The topological polar surface area (TPSA) is 9.72 Å². The van der Waals surface area contributed by atoms with Crippen molar-refractivity contribution in [1.29, 1.82) is 0 Å². The number of likely N-dealkylation sites (N-methyl/N-ethyl adjacent to an activating group) is 1. The summed E-state index contributed by atoms with van der Waals surface area (Å²) in [5.74, 6) is 0. The average Bonchev–Trinajstić information content (AvgIpc) is 2.27. The van der Waals surface area contributed by atoms with Gasteiger partial charge in [-0.25, -0.2) is 0 Å². The van der Waals surface area contributed by atoms with Crippen LogP contribution in [0.3, 0.4) is 0 Å². The van der Waals surface area contributed by atoms with Crippen molar-refractivity contribution in [2.45, 2.75) is 112 Å². The van der Waals surface area contributed by atoms with Gasteiger partial charge in [-0.3, -0.25) is 9.80 Å². The molecule has 0 spiro atoms. The Balaban J connectivity index is 4.55. The Kier molecular flexibility index (Phi) is 8.67. The van der Waals surface area contributed by atoms with Gasteiger partial charge in [0.05, 0.1) is 0 Å². The summed E-state index contributed by atoms with van der Waals surface area (Å²) in [6.07, 6.45) is 1.22. The Morgan fingerprint density at radius 3 is 1.08 bits per heavy atom. The van der Waals surface area contributed by atoms with Gasteiger partial charge in [-0.15, -0.1) is 0 Å². The third kappa shape index (κ3) is 9.40. The highest BCUT2D eigenvalue weighted by atomic mass is 15.3. The minimum Gasteiger partial charge on any atom is -0.305 e. The Hall–Kier alpha value is -0.120. The molecule has 0 saturated carbocycles. The molecule has 0 bridgehead atoms. The number of rotatable bonds is 7. The molecule has 0 rings (SSSR count). The van der Waals surface area contributed by atoms with Crippen LogP contribution >= 0.6 is 0 Å². The van der Waals surface area contributed by atoms with Gasteiger partial charge in [0, 0.05) is 41.8 Å². The Bertz CT molecular complexity index is 346. The van der Waals surface area contributed by atoms with E-state index in [4.69, 9.17) is 0 Å². The summed E-state index contributed by atoms with van der Waals surface area (Å²) >= 11 is 0. The van der Waals surface area contributed by atoms with Crippen molar-refractivity contribution in [1.82, 2.24) is 14.7 Å². The van der Waals surface area contributed by atoms with Crippen LogP contribution in [0.1, 0.15) is 89.5 Å². The van der Waals surface area contributed by atoms with E-state index in [9.17, 15) is 0 Å². The lowest BCUT2D eigenvalue weighted by atomic mass is 9.95. The molecule has 0 atom stereocenters. The molecule has 0 amide bonds. The molecule has 0 aliphatic carbocycles. The Labute approximate surface area is 160 Å². The van der Waals surface area contributed by atoms with Crippen molar-refractivity contribution in [2.24, 2.45) is 0 Å². The van der Waals surface area contributed by atoms with Crippen molar-refractivity contribution in [3.63, 3.8) is 0 Å². The highest BCUT2D eigenvalue weighted by molar-refractivity contribution is 4.88. The van der Waals surface area contributed by atoms with Crippen LogP contribution < -0.4 is 0 Å². The first-order valence-electron chi connectivity index (χ1n) is 10.1. The van der Waals surface area contributed by atoms with Gasteiger partial charge in [0.1, 0.15) is 0 Å². The van der Waals surface area contributed by atoms with Gasteiger partial charge in [0.2, 0.25) is 0 Å². The zero-order chi connectivity index (χ0) is 20.3. The van der Waals surface area contributed by atoms with Crippen LogP contribution in [0.25, 0.3) is 0 Å². The second-order valence-corrected chi connectivity index (χ2v) is 11.6. The van der Waals surface area contributed by atoms with E-state index in [1.165, 1.54) is 6.42 Å². The highest BCUT2D eigenvalue weighted by Crippen LogP contribution is 2.25. The van der Waals surface area contributed by atoms with E-state index < -0.39 is 0 Å². The van der Waals surface area contributed by atoms with Gasteiger partial charge in [0.15, 0.2) is 0 Å². The fourth-order valence-corrected chi connectivity index (χ4v) is 4.24. The fraction of sp³-hybridized carbons (Fsp3) is 1.00. The Morgan fingerprint density at radius 2 is 0.760 bits per heavy atom. The summed E-state index contributed by atoms with van der Waals surface area (Å²) in [6.45, 7) is 32.4. The van der Waals surface area contributed by atoms with Crippen LogP contribution in [0.15, 0.2) is 0 Å². The van der Waals surface area contributed by atoms with E-state index in [0.717, 1.165) is 26.2 Å². The lowest BCUT2D eigenvalue weighted by Crippen LogP contribution is -2.55. The van der Waals surface area contributed by atoms with E-state index in [1.54, 1.807) is 0 Å². The van der Waals surface area contributed by atoms with Gasteiger partial charge < -0.3 is 4.90 Å². The summed E-state index contributed by atoms with van der Waals surface area (Å²) in [5, 5.41) is 0. The zero-order valence-corrected chi connectivity index (χ0v) is 19.9. The molecule has 0 radical (unpaired) electrons. The first kappa shape index (κ1) is 24.9.